The zero-order chi connectivity index (χ0) is 12.0. The number of ketones is 2. The van der Waals surface area contributed by atoms with Crippen LogP contribution in [0.4, 0.5) is 0 Å². The van der Waals surface area contributed by atoms with E-state index >= 15 is 0 Å². The Kier molecular flexibility index (Phi) is 4.39. The van der Waals surface area contributed by atoms with Crippen molar-refractivity contribution in [2.75, 3.05) is 0 Å². The number of carbonyl (C=O) groups excluding carboxylic acids is 2. The van der Waals surface area contributed by atoms with E-state index in [1.807, 2.05) is 6.07 Å². The van der Waals surface area contributed by atoms with Crippen LogP contribution < -0.4 is 5.43 Å². The fourth-order valence-corrected chi connectivity index (χ4v) is 1.33. The van der Waals surface area contributed by atoms with Crippen LogP contribution in [0.2, 0.25) is 0 Å². The molecular weight excluding hydrogens is 204 g/mol. The Morgan fingerprint density at radius 3 is 2.81 bits per heavy atom. The van der Waals surface area contributed by atoms with Gasteiger partial charge in [0, 0.05) is 12.3 Å². The molecule has 0 aliphatic carbocycles. The summed E-state index contributed by atoms with van der Waals surface area (Å²) >= 11 is 0. The van der Waals surface area contributed by atoms with E-state index in [4.69, 9.17) is 0 Å². The van der Waals surface area contributed by atoms with E-state index in [9.17, 15) is 9.59 Å². The van der Waals surface area contributed by atoms with Gasteiger partial charge in [0.2, 0.25) is 0 Å². The third kappa shape index (κ3) is 3.65. The molecule has 0 aliphatic rings. The van der Waals surface area contributed by atoms with Gasteiger partial charge in [0.15, 0.2) is 5.78 Å². The number of rotatable bonds is 6. The topological polar surface area (TPSA) is 58.5 Å². The van der Waals surface area contributed by atoms with E-state index in [1.54, 1.807) is 18.2 Å². The maximum atomic E-state index is 11.6. The van der Waals surface area contributed by atoms with Gasteiger partial charge in [-0.05, 0) is 18.6 Å². The van der Waals surface area contributed by atoms with Crippen molar-refractivity contribution in [1.29, 1.82) is 0 Å². The molecule has 0 heterocycles. The van der Waals surface area contributed by atoms with Crippen molar-refractivity contribution in [3.63, 3.8) is 0 Å². The predicted octanol–water partition coefficient (Wildman–Crippen LogP) is 1.55. The van der Waals surface area contributed by atoms with Crippen LogP contribution in [-0.4, -0.2) is 18.3 Å². The summed E-state index contributed by atoms with van der Waals surface area (Å²) in [6, 6.07) is 7.12. The van der Waals surface area contributed by atoms with Crippen molar-refractivity contribution < 1.29 is 9.59 Å². The Labute approximate surface area is 94.4 Å². The van der Waals surface area contributed by atoms with E-state index in [1.165, 1.54) is 6.92 Å². The van der Waals surface area contributed by atoms with Crippen molar-refractivity contribution in [1.82, 2.24) is 5.43 Å². The maximum Gasteiger partial charge on any atom is 0.170 e. The van der Waals surface area contributed by atoms with Crippen molar-refractivity contribution in [2.24, 2.45) is 5.10 Å². The van der Waals surface area contributed by atoms with Gasteiger partial charge in [-0.1, -0.05) is 18.2 Å². The number of hydrogen-bond acceptors (Lipinski definition) is 4. The number of benzene rings is 1. The molecule has 0 aromatic heterocycles. The minimum Gasteiger partial charge on any atom is -0.306 e. The molecular formula is C12H14N2O2. The molecule has 0 amide bonds. The highest BCUT2D eigenvalue weighted by atomic mass is 16.1. The molecule has 0 saturated carbocycles. The number of Topliss-reactive ketones (excluding diaryl/α,β-unsaturated/α-hetero) is 2. The lowest BCUT2D eigenvalue weighted by molar-refractivity contribution is -0.116. The number of nitrogens with zero attached hydrogens (tertiary/aromatic N) is 1. The first-order valence-corrected chi connectivity index (χ1v) is 4.93. The summed E-state index contributed by atoms with van der Waals surface area (Å²) in [5.41, 5.74) is 4.19. The average Bonchev–Trinajstić information content (AvgIpc) is 2.26. The molecule has 0 spiro atoms. The summed E-state index contributed by atoms with van der Waals surface area (Å²) in [6.07, 6.45) is -0.0450. The monoisotopic (exact) mass is 218 g/mol. The van der Waals surface area contributed by atoms with Gasteiger partial charge in [0.1, 0.15) is 5.78 Å². The van der Waals surface area contributed by atoms with Crippen LogP contribution in [0.1, 0.15) is 29.3 Å². The SMILES string of the molecule is C=NNCc1cccc(C(=O)CC(C)=O)c1. The van der Waals surface area contributed by atoms with Crippen molar-refractivity contribution >= 4 is 18.3 Å². The first kappa shape index (κ1) is 12.1. The van der Waals surface area contributed by atoms with Gasteiger partial charge >= 0.3 is 0 Å². The molecule has 4 heteroatoms. The Morgan fingerprint density at radius 2 is 2.19 bits per heavy atom. The summed E-state index contributed by atoms with van der Waals surface area (Å²) in [4.78, 5) is 22.4. The molecule has 4 nitrogen and oxygen atoms in total. The van der Waals surface area contributed by atoms with E-state index in [2.05, 4.69) is 17.2 Å². The zero-order valence-electron chi connectivity index (χ0n) is 9.19. The Bertz CT molecular complexity index is 413. The van der Waals surface area contributed by atoms with Crippen molar-refractivity contribution in [3.05, 3.63) is 35.4 Å². The van der Waals surface area contributed by atoms with Gasteiger partial charge in [-0.3, -0.25) is 9.59 Å². The van der Waals surface area contributed by atoms with Crippen molar-refractivity contribution in [3.8, 4) is 0 Å². The van der Waals surface area contributed by atoms with Gasteiger partial charge in [0.25, 0.3) is 0 Å². The summed E-state index contributed by atoms with van der Waals surface area (Å²) < 4.78 is 0. The van der Waals surface area contributed by atoms with Crippen LogP contribution in [0, 0.1) is 0 Å². The molecule has 84 valence electrons. The molecule has 0 atom stereocenters. The lowest BCUT2D eigenvalue weighted by Crippen LogP contribution is -2.07. The standard InChI is InChI=1S/C12H14N2O2/c1-9(15)6-12(16)11-5-3-4-10(7-11)8-14-13-2/h3-5,7,14H,2,6,8H2,1H3. The third-order valence-electron chi connectivity index (χ3n) is 2.05. The predicted molar refractivity (Wildman–Crippen MR) is 62.5 cm³/mol. The van der Waals surface area contributed by atoms with E-state index in [0.717, 1.165) is 5.56 Å². The molecule has 1 rings (SSSR count). The van der Waals surface area contributed by atoms with Crippen LogP contribution in [0.15, 0.2) is 29.4 Å². The number of hydrogen-bond donors (Lipinski definition) is 1. The third-order valence-corrected chi connectivity index (χ3v) is 2.05. The molecule has 0 radical (unpaired) electrons. The van der Waals surface area contributed by atoms with E-state index in [0.29, 0.717) is 12.1 Å². The highest BCUT2D eigenvalue weighted by molar-refractivity contribution is 6.07. The molecule has 1 aromatic rings. The summed E-state index contributed by atoms with van der Waals surface area (Å²) in [7, 11) is 0. The van der Waals surface area contributed by atoms with E-state index in [-0.39, 0.29) is 18.0 Å². The molecule has 0 aliphatic heterocycles. The first-order chi connectivity index (χ1) is 7.63. The fourth-order valence-electron chi connectivity index (χ4n) is 1.33. The molecule has 0 saturated heterocycles. The Morgan fingerprint density at radius 1 is 1.44 bits per heavy atom. The van der Waals surface area contributed by atoms with Gasteiger partial charge in [-0.2, -0.15) is 5.10 Å². The highest BCUT2D eigenvalue weighted by Crippen LogP contribution is 2.08. The van der Waals surface area contributed by atoms with E-state index < -0.39 is 0 Å². The molecule has 0 bridgehead atoms. The summed E-state index contributed by atoms with van der Waals surface area (Å²) in [5.74, 6) is -0.276. The van der Waals surface area contributed by atoms with Crippen molar-refractivity contribution in [2.45, 2.75) is 19.9 Å². The molecule has 1 aromatic carbocycles. The quantitative estimate of drug-likeness (QED) is 0.341. The normalized spacial score (nSPS) is 9.56. The van der Waals surface area contributed by atoms with Gasteiger partial charge in [-0.15, -0.1) is 0 Å². The maximum absolute atomic E-state index is 11.6. The van der Waals surface area contributed by atoms with Crippen LogP contribution in [-0.2, 0) is 11.3 Å². The Balaban J connectivity index is 2.76. The lowest BCUT2D eigenvalue weighted by atomic mass is 10.0. The number of nitrogens with one attached hydrogen (secondary N) is 1. The second-order valence-electron chi connectivity index (χ2n) is 3.50. The average molecular weight is 218 g/mol. The molecule has 0 fully saturated rings. The number of hydrazone groups is 1. The van der Waals surface area contributed by atoms with Crippen LogP contribution in [0.25, 0.3) is 0 Å². The summed E-state index contributed by atoms with van der Waals surface area (Å²) in [5, 5.41) is 3.51. The molecule has 0 unspecified atom stereocenters. The smallest absolute Gasteiger partial charge is 0.170 e. The van der Waals surface area contributed by atoms with Crippen LogP contribution in [0.5, 0.6) is 0 Å². The second kappa shape index (κ2) is 5.80. The Hall–Kier alpha value is -1.97. The minimum absolute atomic E-state index is 0.0450. The minimum atomic E-state index is -0.152. The highest BCUT2D eigenvalue weighted by Gasteiger charge is 2.08. The van der Waals surface area contributed by atoms with Gasteiger partial charge < -0.3 is 5.43 Å². The van der Waals surface area contributed by atoms with Crippen LogP contribution in [0.3, 0.4) is 0 Å². The zero-order valence-corrected chi connectivity index (χ0v) is 9.19. The largest absolute Gasteiger partial charge is 0.306 e. The fraction of sp³-hybridized carbons (Fsp3) is 0.250. The summed E-state index contributed by atoms with van der Waals surface area (Å²) in [6.45, 7) is 5.23. The second-order valence-corrected chi connectivity index (χ2v) is 3.50. The van der Waals surface area contributed by atoms with Gasteiger partial charge in [0.05, 0.1) is 13.0 Å². The molecule has 16 heavy (non-hydrogen) atoms. The first-order valence-electron chi connectivity index (χ1n) is 4.93. The molecule has 1 N–H and O–H groups in total. The number of carbonyl (C=O) groups is 2. The van der Waals surface area contributed by atoms with Crippen LogP contribution >= 0.6 is 0 Å². The lowest BCUT2D eigenvalue weighted by Gasteiger charge is -2.03. The van der Waals surface area contributed by atoms with Gasteiger partial charge in [-0.25, -0.2) is 0 Å².